The number of hydrogen-bond acceptors (Lipinski definition) is 1. The molecule has 1 unspecified atom stereocenters. The molecule has 150 valence electrons. The molecular weight excluding hydrogens is 379 g/mol. The molecule has 2 rings (SSSR count). The van der Waals surface area contributed by atoms with Crippen LogP contribution < -0.4 is 9.57 Å². The third-order valence-corrected chi connectivity index (χ3v) is 3.66. The van der Waals surface area contributed by atoms with Crippen molar-refractivity contribution < 1.29 is 34.7 Å². The second-order valence-electron chi connectivity index (χ2n) is 6.06. The number of nitrogens with zero attached hydrogens (tertiary/aromatic N) is 1. The molecule has 0 saturated carbocycles. The summed E-state index contributed by atoms with van der Waals surface area (Å²) in [6, 6.07) is 12.5. The van der Waals surface area contributed by atoms with Gasteiger partial charge in [-0.3, -0.25) is 4.84 Å². The van der Waals surface area contributed by atoms with Crippen LogP contribution >= 0.6 is 7.81 Å². The summed E-state index contributed by atoms with van der Waals surface area (Å²) in [5.74, 6) is 0.659. The molecule has 1 aromatic heterocycles. The van der Waals surface area contributed by atoms with Crippen LogP contribution in [0.3, 0.4) is 0 Å². The van der Waals surface area contributed by atoms with Crippen LogP contribution in [-0.4, -0.2) is 6.61 Å². The molecule has 0 saturated heterocycles. The van der Waals surface area contributed by atoms with Gasteiger partial charge in [-0.1, -0.05) is 38.8 Å². The zero-order valence-electron chi connectivity index (χ0n) is 14.7. The van der Waals surface area contributed by atoms with E-state index in [1.165, 1.54) is 31.1 Å². The molecule has 0 N–H and O–H groups in total. The number of para-hydroxylation sites is 1. The first kappa shape index (κ1) is 22.5. The molecule has 26 heavy (non-hydrogen) atoms. The Morgan fingerprint density at radius 1 is 0.962 bits per heavy atom. The molecular formula is C17H24F6NOP. The SMILES string of the molecule is CCCCC(CC)CO[n+]1cccc2ccccc21.F[P-](F)(F)(F)(F)F. The van der Waals surface area contributed by atoms with Gasteiger partial charge in [0.1, 0.15) is 0 Å². The van der Waals surface area contributed by atoms with E-state index in [2.05, 4.69) is 44.2 Å². The van der Waals surface area contributed by atoms with Crippen molar-refractivity contribution in [3.05, 3.63) is 42.6 Å². The van der Waals surface area contributed by atoms with Crippen LogP contribution in [0.4, 0.5) is 25.2 Å². The Morgan fingerprint density at radius 2 is 1.54 bits per heavy atom. The van der Waals surface area contributed by atoms with Gasteiger partial charge in [-0.25, -0.2) is 0 Å². The average molecular weight is 403 g/mol. The summed E-state index contributed by atoms with van der Waals surface area (Å²) < 4.78 is 61.1. The third kappa shape index (κ3) is 11.1. The summed E-state index contributed by atoms with van der Waals surface area (Å²) >= 11 is 0. The summed E-state index contributed by atoms with van der Waals surface area (Å²) in [5.41, 5.74) is 1.13. The van der Waals surface area contributed by atoms with Crippen molar-refractivity contribution in [1.29, 1.82) is 0 Å². The second kappa shape index (κ2) is 7.99. The minimum atomic E-state index is -10.7. The number of aromatic nitrogens is 1. The molecule has 1 atom stereocenters. The van der Waals surface area contributed by atoms with Crippen LogP contribution in [0.15, 0.2) is 42.6 Å². The fraction of sp³-hybridized carbons (Fsp3) is 0.471. The quantitative estimate of drug-likeness (QED) is 0.272. The Bertz CT molecular complexity index is 688. The van der Waals surface area contributed by atoms with Gasteiger partial charge in [0, 0.05) is 16.9 Å². The molecule has 1 heterocycles. The Balaban J connectivity index is 0.000000412. The van der Waals surface area contributed by atoms with E-state index in [1.54, 1.807) is 0 Å². The Kier molecular flexibility index (Phi) is 6.91. The van der Waals surface area contributed by atoms with Gasteiger partial charge in [-0.15, -0.1) is 0 Å². The number of fused-ring (bicyclic) bond motifs is 1. The first-order valence-electron chi connectivity index (χ1n) is 8.39. The fourth-order valence-electron chi connectivity index (χ4n) is 2.33. The van der Waals surface area contributed by atoms with Gasteiger partial charge in [0.05, 0.1) is 5.39 Å². The van der Waals surface area contributed by atoms with Crippen molar-refractivity contribution in [2.24, 2.45) is 5.92 Å². The third-order valence-electron chi connectivity index (χ3n) is 3.66. The van der Waals surface area contributed by atoms with Crippen molar-refractivity contribution in [1.82, 2.24) is 0 Å². The molecule has 0 amide bonds. The molecule has 0 bridgehead atoms. The van der Waals surface area contributed by atoms with Gasteiger partial charge in [-0.05, 0) is 30.9 Å². The van der Waals surface area contributed by atoms with Crippen molar-refractivity contribution in [3.63, 3.8) is 0 Å². The van der Waals surface area contributed by atoms with Crippen molar-refractivity contribution in [2.75, 3.05) is 6.61 Å². The molecule has 9 heteroatoms. The summed E-state index contributed by atoms with van der Waals surface area (Å²) in [6.45, 7) is 5.29. The van der Waals surface area contributed by atoms with Crippen molar-refractivity contribution in [2.45, 2.75) is 39.5 Å². The first-order valence-corrected chi connectivity index (χ1v) is 10.4. The summed E-state index contributed by atoms with van der Waals surface area (Å²) in [7, 11) is -10.7. The van der Waals surface area contributed by atoms with Gasteiger partial charge in [0.25, 0.3) is 5.52 Å². The molecule has 0 aliphatic heterocycles. The van der Waals surface area contributed by atoms with Gasteiger partial charge < -0.3 is 0 Å². The standard InChI is InChI=1S/C17H24NO.F6P/c1-3-5-9-15(4-2)14-19-18-13-8-11-16-10-6-7-12-17(16)18;1-7(2,3,4,5)6/h6-8,10-13,15H,3-5,9,14H2,1-2H3;/q+1;-1. The molecule has 2 aromatic rings. The van der Waals surface area contributed by atoms with Crippen LogP contribution in [0.5, 0.6) is 0 Å². The van der Waals surface area contributed by atoms with Gasteiger partial charge >= 0.3 is 33.0 Å². The van der Waals surface area contributed by atoms with E-state index in [0.717, 1.165) is 12.1 Å². The number of halogens is 6. The summed E-state index contributed by atoms with van der Waals surface area (Å²) in [5, 5.41) is 1.21. The normalized spacial score (nSPS) is 15.4. The van der Waals surface area contributed by atoms with E-state index in [9.17, 15) is 25.2 Å². The van der Waals surface area contributed by atoms with Gasteiger partial charge in [0.15, 0.2) is 6.61 Å². The predicted molar refractivity (Wildman–Crippen MR) is 92.5 cm³/mol. The van der Waals surface area contributed by atoms with Crippen LogP contribution in [0, 0.1) is 5.92 Å². The Labute approximate surface area is 149 Å². The number of rotatable bonds is 7. The van der Waals surface area contributed by atoms with Gasteiger partial charge in [0.2, 0.25) is 6.20 Å². The maximum absolute atomic E-state index is 10.7. The van der Waals surface area contributed by atoms with Crippen LogP contribution in [0.1, 0.15) is 39.5 Å². The minimum absolute atomic E-state index is 0.659. The first-order chi connectivity index (χ1) is 11.8. The van der Waals surface area contributed by atoms with Crippen molar-refractivity contribution in [3.8, 4) is 0 Å². The summed E-state index contributed by atoms with van der Waals surface area (Å²) in [6.07, 6.45) is 7.00. The monoisotopic (exact) mass is 403 g/mol. The Hall–Kier alpha value is -1.56. The average Bonchev–Trinajstić information content (AvgIpc) is 2.52. The molecule has 0 aliphatic carbocycles. The number of unbranched alkanes of at least 4 members (excludes halogenated alkanes) is 1. The molecule has 0 fully saturated rings. The van der Waals surface area contributed by atoms with Gasteiger partial charge in [-0.2, -0.15) is 0 Å². The van der Waals surface area contributed by atoms with Crippen molar-refractivity contribution >= 4 is 18.7 Å². The second-order valence-corrected chi connectivity index (χ2v) is 7.98. The van der Waals surface area contributed by atoms with E-state index in [1.807, 2.05) is 17.0 Å². The maximum atomic E-state index is 9.87. The summed E-state index contributed by atoms with van der Waals surface area (Å²) in [4.78, 5) is 5.99. The number of hydrogen-bond donors (Lipinski definition) is 0. The Morgan fingerprint density at radius 3 is 2.12 bits per heavy atom. The zero-order chi connectivity index (χ0) is 19.9. The number of benzene rings is 1. The predicted octanol–water partition coefficient (Wildman–Crippen LogP) is 7.15. The molecule has 0 aliphatic rings. The fourth-order valence-corrected chi connectivity index (χ4v) is 2.33. The molecule has 1 aromatic carbocycles. The van der Waals surface area contributed by atoms with Crippen LogP contribution in [-0.2, 0) is 0 Å². The molecule has 2 nitrogen and oxygen atoms in total. The van der Waals surface area contributed by atoms with E-state index >= 15 is 0 Å². The topological polar surface area (TPSA) is 13.1 Å². The van der Waals surface area contributed by atoms with E-state index in [0.29, 0.717) is 5.92 Å². The van der Waals surface area contributed by atoms with E-state index in [-0.39, 0.29) is 0 Å². The molecule has 0 spiro atoms. The van der Waals surface area contributed by atoms with E-state index in [4.69, 9.17) is 4.84 Å². The molecule has 0 radical (unpaired) electrons. The number of pyridine rings is 1. The van der Waals surface area contributed by atoms with E-state index < -0.39 is 7.81 Å². The van der Waals surface area contributed by atoms with Crippen LogP contribution in [0.2, 0.25) is 0 Å². The van der Waals surface area contributed by atoms with Crippen LogP contribution in [0.25, 0.3) is 10.9 Å². The zero-order valence-corrected chi connectivity index (χ0v) is 15.6.